The van der Waals surface area contributed by atoms with E-state index in [4.69, 9.17) is 15.6 Å². The Bertz CT molecular complexity index is 338. The minimum Gasteiger partial charge on any atom is -0.480 e. The monoisotopic (exact) mass is 277 g/mol. The van der Waals surface area contributed by atoms with Gasteiger partial charge in [-0.05, 0) is 0 Å². The predicted octanol–water partition coefficient (Wildman–Crippen LogP) is -1.34. The lowest BCUT2D eigenvalue weighted by atomic mass is 10.3. The number of hydrogen-bond acceptors (Lipinski definition) is 5. The number of carboxylic acid groups (broad SMARTS) is 1. The van der Waals surface area contributed by atoms with Gasteiger partial charge in [-0.25, -0.2) is 9.59 Å². The number of nitrogens with two attached hydrogens (primary N) is 1. The first-order chi connectivity index (χ1) is 8.52. The quantitative estimate of drug-likeness (QED) is 0.516. The Morgan fingerprint density at radius 3 is 2.83 bits per heavy atom. The van der Waals surface area contributed by atoms with Gasteiger partial charge in [-0.2, -0.15) is 0 Å². The third-order valence-corrected chi connectivity index (χ3v) is 3.21. The lowest BCUT2D eigenvalue weighted by molar-refractivity contribution is -0.140. The first kappa shape index (κ1) is 14.6. The Hall–Kier alpha value is -1.48. The highest BCUT2D eigenvalue weighted by Gasteiger charge is 2.34. The van der Waals surface area contributed by atoms with Gasteiger partial charge in [-0.15, -0.1) is 11.8 Å². The SMILES string of the molecule is NC(=O)COCCNC(=O)N1CSCC1C(=O)O. The van der Waals surface area contributed by atoms with Gasteiger partial charge in [0.2, 0.25) is 5.91 Å². The number of primary amides is 1. The van der Waals surface area contributed by atoms with Gasteiger partial charge in [-0.3, -0.25) is 4.79 Å². The van der Waals surface area contributed by atoms with Crippen LogP contribution in [0.4, 0.5) is 4.79 Å². The summed E-state index contributed by atoms with van der Waals surface area (Å²) < 4.78 is 4.85. The molecule has 3 amide bonds. The molecule has 0 aliphatic carbocycles. The summed E-state index contributed by atoms with van der Waals surface area (Å²) in [5.74, 6) is -0.852. The minimum atomic E-state index is -1.01. The zero-order valence-corrected chi connectivity index (χ0v) is 10.4. The molecule has 8 nitrogen and oxygen atoms in total. The molecule has 0 radical (unpaired) electrons. The molecule has 0 saturated carbocycles. The summed E-state index contributed by atoms with van der Waals surface area (Å²) in [6.45, 7) is 0.139. The van der Waals surface area contributed by atoms with Crippen molar-refractivity contribution >= 4 is 29.7 Å². The second-order valence-corrected chi connectivity index (χ2v) is 4.57. The topological polar surface area (TPSA) is 122 Å². The molecule has 1 heterocycles. The van der Waals surface area contributed by atoms with E-state index in [9.17, 15) is 14.4 Å². The zero-order chi connectivity index (χ0) is 13.5. The van der Waals surface area contributed by atoms with E-state index < -0.39 is 23.9 Å². The van der Waals surface area contributed by atoms with E-state index in [1.54, 1.807) is 0 Å². The van der Waals surface area contributed by atoms with Crippen LogP contribution in [0.15, 0.2) is 0 Å². The number of urea groups is 1. The van der Waals surface area contributed by atoms with Gasteiger partial charge in [-0.1, -0.05) is 0 Å². The smallest absolute Gasteiger partial charge is 0.327 e. The van der Waals surface area contributed by atoms with Crippen LogP contribution in [0.2, 0.25) is 0 Å². The number of rotatable bonds is 6. The van der Waals surface area contributed by atoms with Gasteiger partial charge >= 0.3 is 12.0 Å². The van der Waals surface area contributed by atoms with E-state index in [0.717, 1.165) is 0 Å². The standard InChI is InChI=1S/C9H15N3O5S/c10-7(13)3-17-2-1-11-9(16)12-5-18-4-6(12)8(14)15/h6H,1-5H2,(H2,10,13)(H,11,16)(H,14,15). The minimum absolute atomic E-state index is 0.146. The molecule has 9 heteroatoms. The Morgan fingerprint density at radius 1 is 1.50 bits per heavy atom. The normalized spacial score (nSPS) is 18.7. The van der Waals surface area contributed by atoms with Crippen molar-refractivity contribution in [1.82, 2.24) is 10.2 Å². The number of thioether (sulfide) groups is 1. The van der Waals surface area contributed by atoms with E-state index in [2.05, 4.69) is 5.32 Å². The highest BCUT2D eigenvalue weighted by molar-refractivity contribution is 7.99. The van der Waals surface area contributed by atoms with Crippen LogP contribution in [0.1, 0.15) is 0 Å². The largest absolute Gasteiger partial charge is 0.480 e. The van der Waals surface area contributed by atoms with Crippen molar-refractivity contribution in [3.8, 4) is 0 Å². The third-order valence-electron chi connectivity index (χ3n) is 2.20. The fourth-order valence-electron chi connectivity index (χ4n) is 1.35. The van der Waals surface area contributed by atoms with Crippen LogP contribution in [0.3, 0.4) is 0 Å². The Kier molecular flexibility index (Phi) is 5.72. The third kappa shape index (κ3) is 4.41. The maximum atomic E-state index is 11.6. The highest BCUT2D eigenvalue weighted by Crippen LogP contribution is 2.20. The molecule has 1 rings (SSSR count). The molecule has 1 atom stereocenters. The molecule has 0 bridgehead atoms. The van der Waals surface area contributed by atoms with Gasteiger partial charge in [0.25, 0.3) is 0 Å². The molecule has 1 aliphatic rings. The fourth-order valence-corrected chi connectivity index (χ4v) is 2.50. The Morgan fingerprint density at radius 2 is 2.22 bits per heavy atom. The highest BCUT2D eigenvalue weighted by atomic mass is 32.2. The lowest BCUT2D eigenvalue weighted by Crippen LogP contribution is -2.47. The molecule has 1 aliphatic heterocycles. The second kappa shape index (κ2) is 7.07. The number of hydrogen-bond donors (Lipinski definition) is 3. The van der Waals surface area contributed by atoms with Crippen LogP contribution in [-0.4, -0.2) is 65.3 Å². The van der Waals surface area contributed by atoms with Crippen molar-refractivity contribution in [3.05, 3.63) is 0 Å². The molecule has 1 unspecified atom stereocenters. The number of nitrogens with zero attached hydrogens (tertiary/aromatic N) is 1. The first-order valence-corrected chi connectivity index (χ1v) is 6.39. The number of carbonyl (C=O) groups is 3. The summed E-state index contributed by atoms with van der Waals surface area (Å²) in [4.78, 5) is 34.1. The van der Waals surface area contributed by atoms with E-state index in [1.807, 2.05) is 0 Å². The maximum Gasteiger partial charge on any atom is 0.327 e. The van der Waals surface area contributed by atoms with Gasteiger partial charge in [0.15, 0.2) is 0 Å². The zero-order valence-electron chi connectivity index (χ0n) is 9.63. The molecule has 0 aromatic rings. The van der Waals surface area contributed by atoms with Crippen LogP contribution in [0.25, 0.3) is 0 Å². The average molecular weight is 277 g/mol. The lowest BCUT2D eigenvalue weighted by Gasteiger charge is -2.20. The molecule has 18 heavy (non-hydrogen) atoms. The summed E-state index contributed by atoms with van der Waals surface area (Å²) in [5.41, 5.74) is 4.86. The maximum absolute atomic E-state index is 11.6. The number of carboxylic acids is 1. The van der Waals surface area contributed by atoms with Crippen LogP contribution >= 0.6 is 11.8 Å². The number of aliphatic carboxylic acids is 1. The molecular weight excluding hydrogens is 262 g/mol. The molecule has 1 fully saturated rings. The Labute approximate surface area is 108 Å². The molecular formula is C9H15N3O5S. The molecule has 4 N–H and O–H groups in total. The van der Waals surface area contributed by atoms with Crippen molar-refractivity contribution in [1.29, 1.82) is 0 Å². The summed E-state index contributed by atoms with van der Waals surface area (Å²) in [6.07, 6.45) is 0. The first-order valence-electron chi connectivity index (χ1n) is 5.23. The number of carbonyl (C=O) groups excluding carboxylic acids is 2. The van der Waals surface area contributed by atoms with E-state index in [1.165, 1.54) is 16.7 Å². The van der Waals surface area contributed by atoms with E-state index in [-0.39, 0.29) is 19.8 Å². The van der Waals surface area contributed by atoms with Crippen LogP contribution < -0.4 is 11.1 Å². The van der Waals surface area contributed by atoms with Crippen LogP contribution in [-0.2, 0) is 14.3 Å². The Balaban J connectivity index is 2.24. The predicted molar refractivity (Wildman–Crippen MR) is 64.0 cm³/mol. The summed E-state index contributed by atoms with van der Waals surface area (Å²) in [7, 11) is 0. The summed E-state index contributed by atoms with van der Waals surface area (Å²) in [5, 5.41) is 11.4. The van der Waals surface area contributed by atoms with Gasteiger partial charge in [0.1, 0.15) is 12.6 Å². The molecule has 0 aromatic heterocycles. The van der Waals surface area contributed by atoms with Crippen molar-refractivity contribution in [2.24, 2.45) is 5.73 Å². The molecule has 0 spiro atoms. The van der Waals surface area contributed by atoms with Crippen LogP contribution in [0, 0.1) is 0 Å². The molecule has 1 saturated heterocycles. The van der Waals surface area contributed by atoms with Gasteiger partial charge in [0.05, 0.1) is 12.5 Å². The van der Waals surface area contributed by atoms with Crippen molar-refractivity contribution < 1.29 is 24.2 Å². The van der Waals surface area contributed by atoms with Gasteiger partial charge < -0.3 is 25.8 Å². The van der Waals surface area contributed by atoms with Crippen molar-refractivity contribution in [2.45, 2.75) is 6.04 Å². The van der Waals surface area contributed by atoms with E-state index in [0.29, 0.717) is 11.6 Å². The van der Waals surface area contributed by atoms with Crippen molar-refractivity contribution in [2.75, 3.05) is 31.4 Å². The van der Waals surface area contributed by atoms with Crippen molar-refractivity contribution in [3.63, 3.8) is 0 Å². The summed E-state index contributed by atoms with van der Waals surface area (Å²) >= 11 is 1.39. The van der Waals surface area contributed by atoms with Crippen LogP contribution in [0.5, 0.6) is 0 Å². The number of amides is 3. The average Bonchev–Trinajstić information content (AvgIpc) is 2.76. The summed E-state index contributed by atoms with van der Waals surface area (Å²) in [6, 6.07) is -1.24. The fraction of sp³-hybridized carbons (Fsp3) is 0.667. The number of ether oxygens (including phenoxy) is 1. The van der Waals surface area contributed by atoms with E-state index >= 15 is 0 Å². The number of nitrogens with one attached hydrogen (secondary N) is 1. The molecule has 0 aromatic carbocycles. The van der Waals surface area contributed by atoms with Gasteiger partial charge in [0, 0.05) is 12.3 Å². The molecule has 102 valence electrons. The second-order valence-electron chi connectivity index (χ2n) is 3.57.